The fraction of sp³-hybridized carbons (Fsp3) is 0.174. The van der Waals surface area contributed by atoms with E-state index in [4.69, 9.17) is 20.5 Å². The molecule has 0 fully saturated rings. The number of para-hydroxylation sites is 1. The van der Waals surface area contributed by atoms with Crippen LogP contribution in [-0.2, 0) is 6.54 Å². The number of anilines is 1. The van der Waals surface area contributed by atoms with Crippen LogP contribution in [0.5, 0.6) is 5.75 Å². The first-order chi connectivity index (χ1) is 15.6. The summed E-state index contributed by atoms with van der Waals surface area (Å²) in [6.45, 7) is 1.56. The van der Waals surface area contributed by atoms with E-state index in [-0.39, 0.29) is 28.5 Å². The Labute approximate surface area is 183 Å². The molecule has 0 aliphatic carbocycles. The van der Waals surface area contributed by atoms with Crippen molar-refractivity contribution < 1.29 is 13.6 Å². The average Bonchev–Trinajstić information content (AvgIpc) is 3.18. The summed E-state index contributed by atoms with van der Waals surface area (Å²) in [7, 11) is 0. The van der Waals surface area contributed by atoms with Gasteiger partial charge in [-0.25, -0.2) is 19.3 Å². The van der Waals surface area contributed by atoms with Crippen molar-refractivity contribution in [2.75, 3.05) is 11.9 Å². The Balaban J connectivity index is 1.76. The molecule has 6 nitrogen and oxygen atoms in total. The number of aromatic nitrogens is 3. The van der Waals surface area contributed by atoms with Gasteiger partial charge in [-0.05, 0) is 42.7 Å². The molecule has 2 aromatic heterocycles. The number of benzene rings is 2. The van der Waals surface area contributed by atoms with E-state index in [0.29, 0.717) is 5.75 Å². The standard InChI is InChI=1S/C23H21ClN4O2/c1-15-9-10-17(11-16(15)2)13-27(3)19-12-20(24)26-22-21(19)25-14-28(22)23(29)30-18-7-5-4-6-8-18/h4-12,14H,13H2,1-3H3/i3D3. The number of aryl methyl sites for hydroxylation is 2. The van der Waals surface area contributed by atoms with Crippen molar-refractivity contribution in [3.63, 3.8) is 0 Å². The maximum absolute atomic E-state index is 12.7. The zero-order valence-corrected chi connectivity index (χ0v) is 17.2. The lowest BCUT2D eigenvalue weighted by Crippen LogP contribution is -2.18. The van der Waals surface area contributed by atoms with Gasteiger partial charge in [0.2, 0.25) is 0 Å². The molecule has 0 aliphatic heterocycles. The number of fused-ring (bicyclic) bond motifs is 1. The summed E-state index contributed by atoms with van der Waals surface area (Å²) in [6, 6.07) is 15.8. The number of rotatable bonds is 4. The Kier molecular flexibility index (Phi) is 4.47. The van der Waals surface area contributed by atoms with Gasteiger partial charge in [0.05, 0.1) is 5.69 Å². The van der Waals surface area contributed by atoms with Crippen LogP contribution in [0.1, 0.15) is 20.8 Å². The molecule has 4 aromatic rings. The molecular formula is C23H21ClN4O2. The smallest absolute Gasteiger partial charge is 0.410 e. The topological polar surface area (TPSA) is 60.2 Å². The van der Waals surface area contributed by atoms with Crippen molar-refractivity contribution in [1.29, 1.82) is 0 Å². The summed E-state index contributed by atoms with van der Waals surface area (Å²) < 4.78 is 30.9. The lowest BCUT2D eigenvalue weighted by atomic mass is 10.1. The van der Waals surface area contributed by atoms with E-state index in [0.717, 1.165) is 21.3 Å². The maximum atomic E-state index is 12.7. The highest BCUT2D eigenvalue weighted by Gasteiger charge is 2.19. The monoisotopic (exact) mass is 423 g/mol. The zero-order chi connectivity index (χ0) is 23.8. The van der Waals surface area contributed by atoms with Gasteiger partial charge in [0, 0.05) is 23.7 Å². The third-order valence-corrected chi connectivity index (χ3v) is 4.99. The van der Waals surface area contributed by atoms with Gasteiger partial charge < -0.3 is 9.64 Å². The second kappa shape index (κ2) is 8.16. The molecule has 0 saturated carbocycles. The van der Waals surface area contributed by atoms with Crippen LogP contribution < -0.4 is 9.64 Å². The molecule has 0 radical (unpaired) electrons. The van der Waals surface area contributed by atoms with Gasteiger partial charge in [-0.3, -0.25) is 0 Å². The quantitative estimate of drug-likeness (QED) is 0.412. The highest BCUT2D eigenvalue weighted by molar-refractivity contribution is 6.30. The molecule has 0 N–H and O–H groups in total. The van der Waals surface area contributed by atoms with Gasteiger partial charge in [0.15, 0.2) is 5.65 Å². The molecule has 0 spiro atoms. The number of carbonyl (C=O) groups excluding carboxylic acids is 1. The fourth-order valence-electron chi connectivity index (χ4n) is 3.09. The van der Waals surface area contributed by atoms with Gasteiger partial charge >= 0.3 is 6.09 Å². The maximum Gasteiger partial charge on any atom is 0.426 e. The van der Waals surface area contributed by atoms with Crippen LogP contribution in [0.3, 0.4) is 0 Å². The predicted molar refractivity (Wildman–Crippen MR) is 118 cm³/mol. The van der Waals surface area contributed by atoms with Gasteiger partial charge in [-0.1, -0.05) is 48.0 Å². The third-order valence-electron chi connectivity index (χ3n) is 4.80. The van der Waals surface area contributed by atoms with Crippen LogP contribution in [0.15, 0.2) is 60.9 Å². The molecule has 4 rings (SSSR count). The van der Waals surface area contributed by atoms with Crippen molar-refractivity contribution in [3.8, 4) is 5.75 Å². The third kappa shape index (κ3) is 4.00. The number of ether oxygens (including phenoxy) is 1. The Morgan fingerprint density at radius 2 is 1.97 bits per heavy atom. The molecule has 152 valence electrons. The predicted octanol–water partition coefficient (Wildman–Crippen LogP) is 5.39. The lowest BCUT2D eigenvalue weighted by Gasteiger charge is -2.20. The van der Waals surface area contributed by atoms with Crippen molar-refractivity contribution in [1.82, 2.24) is 14.5 Å². The number of imidazole rings is 1. The van der Waals surface area contributed by atoms with Crippen LogP contribution in [0.4, 0.5) is 10.5 Å². The minimum absolute atomic E-state index is 0.0288. The highest BCUT2D eigenvalue weighted by atomic mass is 35.5. The Morgan fingerprint density at radius 1 is 1.17 bits per heavy atom. The summed E-state index contributed by atoms with van der Waals surface area (Å²) in [5.74, 6) is 0.352. The zero-order valence-electron chi connectivity index (χ0n) is 19.5. The Hall–Kier alpha value is -3.38. The Bertz CT molecular complexity index is 1320. The van der Waals surface area contributed by atoms with E-state index in [2.05, 4.69) is 9.97 Å². The lowest BCUT2D eigenvalue weighted by molar-refractivity contribution is 0.203. The fourth-order valence-corrected chi connectivity index (χ4v) is 3.28. The first kappa shape index (κ1) is 16.4. The first-order valence-corrected chi connectivity index (χ1v) is 9.66. The first-order valence-electron chi connectivity index (χ1n) is 10.8. The summed E-state index contributed by atoms with van der Waals surface area (Å²) in [4.78, 5) is 22.5. The summed E-state index contributed by atoms with van der Waals surface area (Å²) in [5.41, 5.74) is 3.57. The number of nitrogens with zero attached hydrogens (tertiary/aromatic N) is 4. The van der Waals surface area contributed by atoms with Crippen LogP contribution in [0, 0.1) is 13.8 Å². The molecule has 30 heavy (non-hydrogen) atoms. The van der Waals surface area contributed by atoms with E-state index in [1.54, 1.807) is 30.3 Å². The molecule has 0 unspecified atom stereocenters. The van der Waals surface area contributed by atoms with Gasteiger partial charge in [0.25, 0.3) is 0 Å². The highest BCUT2D eigenvalue weighted by Crippen LogP contribution is 2.28. The van der Waals surface area contributed by atoms with Crippen LogP contribution in [0.2, 0.25) is 5.15 Å². The van der Waals surface area contributed by atoms with E-state index in [1.165, 1.54) is 17.3 Å². The largest absolute Gasteiger partial charge is 0.426 e. The van der Waals surface area contributed by atoms with E-state index >= 15 is 0 Å². The van der Waals surface area contributed by atoms with Crippen molar-refractivity contribution in [2.45, 2.75) is 20.4 Å². The van der Waals surface area contributed by atoms with Crippen LogP contribution in [0.25, 0.3) is 11.2 Å². The normalized spacial score (nSPS) is 12.8. The molecule has 0 saturated heterocycles. The number of pyridine rings is 1. The molecule has 0 aliphatic rings. The SMILES string of the molecule is [2H]C([2H])([2H])N(Cc1ccc(C)c(C)c1)c1cc(Cl)nc2c1ncn2C(=O)Oc1ccccc1. The minimum atomic E-state index is -2.50. The number of carbonyl (C=O) groups is 1. The summed E-state index contributed by atoms with van der Waals surface area (Å²) in [6.07, 6.45) is 0.509. The van der Waals surface area contributed by atoms with Crippen molar-refractivity contribution in [3.05, 3.63) is 82.8 Å². The van der Waals surface area contributed by atoms with Crippen LogP contribution >= 0.6 is 11.6 Å². The molecule has 7 heteroatoms. The minimum Gasteiger partial charge on any atom is -0.410 e. The van der Waals surface area contributed by atoms with Gasteiger partial charge in [0.1, 0.15) is 22.7 Å². The Morgan fingerprint density at radius 3 is 2.70 bits per heavy atom. The summed E-state index contributed by atoms with van der Waals surface area (Å²) in [5, 5.41) is 0.0288. The van der Waals surface area contributed by atoms with E-state index < -0.39 is 13.1 Å². The molecule has 0 amide bonds. The van der Waals surface area contributed by atoms with E-state index in [1.807, 2.05) is 32.0 Å². The van der Waals surface area contributed by atoms with Crippen molar-refractivity contribution >= 4 is 34.5 Å². The van der Waals surface area contributed by atoms with Crippen molar-refractivity contribution in [2.24, 2.45) is 0 Å². The average molecular weight is 424 g/mol. The molecule has 2 aromatic carbocycles. The van der Waals surface area contributed by atoms with Crippen LogP contribution in [-0.4, -0.2) is 27.6 Å². The second-order valence-corrected chi connectivity index (χ2v) is 7.32. The van der Waals surface area contributed by atoms with E-state index in [9.17, 15) is 4.79 Å². The summed E-state index contributed by atoms with van der Waals surface area (Å²) >= 11 is 6.25. The number of hydrogen-bond acceptors (Lipinski definition) is 5. The van der Waals surface area contributed by atoms with Gasteiger partial charge in [-0.2, -0.15) is 0 Å². The van der Waals surface area contributed by atoms with Gasteiger partial charge in [-0.15, -0.1) is 0 Å². The number of halogens is 1. The molecule has 0 atom stereocenters. The molecule has 2 heterocycles. The molecular weight excluding hydrogens is 400 g/mol. The second-order valence-electron chi connectivity index (χ2n) is 6.94. The number of hydrogen-bond donors (Lipinski definition) is 0. The molecule has 0 bridgehead atoms.